The molecule has 0 aliphatic carbocycles. The van der Waals surface area contributed by atoms with Crippen molar-refractivity contribution in [3.05, 3.63) is 108 Å². The van der Waals surface area contributed by atoms with Crippen LogP contribution < -0.4 is 20.4 Å². The van der Waals surface area contributed by atoms with E-state index in [1.165, 1.54) is 0 Å². The van der Waals surface area contributed by atoms with Crippen LogP contribution in [0.15, 0.2) is 94.2 Å². The number of thiocyanates is 1. The van der Waals surface area contributed by atoms with E-state index in [-0.39, 0.29) is 13.1 Å². The first-order valence-corrected chi connectivity index (χ1v) is 17.2. The third-order valence-corrected chi connectivity index (χ3v) is 8.44. The van der Waals surface area contributed by atoms with Gasteiger partial charge in [-0.1, -0.05) is 24.3 Å². The lowest BCUT2D eigenvalue weighted by atomic mass is 10.1. The molecule has 0 bridgehead atoms. The van der Waals surface area contributed by atoms with E-state index in [0.717, 1.165) is 32.0 Å². The second kappa shape index (κ2) is 18.4. The quantitative estimate of drug-likeness (QED) is 0.0759. The zero-order valence-corrected chi connectivity index (χ0v) is 29.3. The van der Waals surface area contributed by atoms with E-state index in [0.29, 0.717) is 64.1 Å². The van der Waals surface area contributed by atoms with Crippen molar-refractivity contribution in [3.8, 4) is 39.5 Å². The Labute approximate surface area is 313 Å². The van der Waals surface area contributed by atoms with Gasteiger partial charge < -0.3 is 44.0 Å². The number of hydrogen-bond donors (Lipinski definition) is 0. The molecule has 0 fully saturated rings. The van der Waals surface area contributed by atoms with E-state index in [2.05, 4.69) is 15.4 Å². The van der Waals surface area contributed by atoms with Crippen LogP contribution in [-0.4, -0.2) is 74.8 Å². The molecule has 0 radical (unpaired) electrons. The summed E-state index contributed by atoms with van der Waals surface area (Å²) >= 11 is 1.09. The van der Waals surface area contributed by atoms with Crippen molar-refractivity contribution in [1.29, 1.82) is 5.26 Å². The molecule has 4 aromatic heterocycles. The van der Waals surface area contributed by atoms with Crippen molar-refractivity contribution in [3.63, 3.8) is 0 Å². The summed E-state index contributed by atoms with van der Waals surface area (Å²) in [5, 5.41) is 56.0. The maximum Gasteiger partial charge on any atom is 0.138 e. The largest absolute Gasteiger partial charge is 0.549 e. The molecule has 0 atom stereocenters. The van der Waals surface area contributed by atoms with E-state index in [9.17, 15) is 39.6 Å². The number of carbonyl (C=O) groups excluding carboxylic acids is 4. The fourth-order valence-electron chi connectivity index (χ4n) is 5.59. The predicted octanol–water partition coefficient (Wildman–Crippen LogP) is -0.572. The molecule has 15 nitrogen and oxygen atoms in total. The molecule has 0 amide bonds. The van der Waals surface area contributed by atoms with Gasteiger partial charge in [0.1, 0.15) is 16.9 Å². The molecule has 4 heterocycles. The molecule has 0 N–H and O–H groups in total. The van der Waals surface area contributed by atoms with Crippen LogP contribution in [0, 0.1) is 10.7 Å². The normalized spacial score (nSPS) is 11.1. The summed E-state index contributed by atoms with van der Waals surface area (Å²) in [6.07, 6.45) is 1.27. The molecular formula is C38H30N6O9S-4. The fourth-order valence-corrected chi connectivity index (χ4v) is 5.97. The second-order valence-electron chi connectivity index (χ2n) is 12.0. The lowest BCUT2D eigenvalue weighted by Crippen LogP contribution is -2.43. The lowest BCUT2D eigenvalue weighted by Gasteiger charge is -2.23. The lowest BCUT2D eigenvalue weighted by molar-refractivity contribution is -0.313. The number of nitriles is 1. The summed E-state index contributed by atoms with van der Waals surface area (Å²) in [6.45, 7) is -2.90. The van der Waals surface area contributed by atoms with Gasteiger partial charge in [0.2, 0.25) is 0 Å². The predicted molar refractivity (Wildman–Crippen MR) is 184 cm³/mol. The number of carboxylic acid groups (broad SMARTS) is 4. The smallest absolute Gasteiger partial charge is 0.138 e. The monoisotopic (exact) mass is 746 g/mol. The number of hydrogen-bond acceptors (Lipinski definition) is 16. The number of nitrogens with zero attached hydrogens (tertiary/aromatic N) is 6. The third-order valence-electron chi connectivity index (χ3n) is 7.84. The minimum absolute atomic E-state index is 0.137. The molecule has 5 aromatic rings. The van der Waals surface area contributed by atoms with Gasteiger partial charge in [0.25, 0.3) is 0 Å². The van der Waals surface area contributed by atoms with Gasteiger partial charge in [-0.05, 0) is 84.4 Å². The first-order chi connectivity index (χ1) is 25.9. The Morgan fingerprint density at radius 2 is 1.13 bits per heavy atom. The van der Waals surface area contributed by atoms with Gasteiger partial charge in [0.15, 0.2) is 0 Å². The maximum absolute atomic E-state index is 11.3. The van der Waals surface area contributed by atoms with E-state index in [1.54, 1.807) is 48.5 Å². The first kappa shape index (κ1) is 38.8. The van der Waals surface area contributed by atoms with Crippen molar-refractivity contribution >= 4 is 35.6 Å². The van der Waals surface area contributed by atoms with E-state index >= 15 is 0 Å². The Kier molecular flexibility index (Phi) is 13.2. The van der Waals surface area contributed by atoms with Gasteiger partial charge in [-0.3, -0.25) is 9.80 Å². The Morgan fingerprint density at radius 3 is 1.59 bits per heavy atom. The molecule has 0 aliphatic rings. The van der Waals surface area contributed by atoms with Crippen LogP contribution in [0.5, 0.6) is 0 Å². The number of furan rings is 1. The van der Waals surface area contributed by atoms with Crippen LogP contribution in [0.2, 0.25) is 0 Å². The Hall–Kier alpha value is -6.41. The average Bonchev–Trinajstić information content (AvgIpc) is 3.60. The Bertz CT molecular complexity index is 2050. The number of thioether (sulfide) groups is 1. The summed E-state index contributed by atoms with van der Waals surface area (Å²) in [7, 11) is 0. The summed E-state index contributed by atoms with van der Waals surface area (Å²) in [5.41, 5.74) is 3.84. The minimum atomic E-state index is -1.46. The first-order valence-electron chi connectivity index (χ1n) is 16.4. The van der Waals surface area contributed by atoms with Crippen LogP contribution in [0.25, 0.3) is 34.1 Å². The molecule has 0 unspecified atom stereocenters. The molecule has 16 heteroatoms. The topological polar surface area (TPSA) is 243 Å². The molecule has 0 aliphatic heterocycles. The SMILES string of the molecule is N#CSc1ccc(CCc2ccc(-c3cc(-c4cccc(CN(CC(=O)[O-])CC(=O)[O-])n4)nc(-c4cccc(CN(CC(=O)[O-])CC(=O)[O-])n4)c3)o2)cc1. The zero-order chi connectivity index (χ0) is 38.6. The Morgan fingerprint density at radius 1 is 0.630 bits per heavy atom. The standard InChI is InChI=1S/C38H34N6O9S/c39-23-54-29-12-8-24(9-13-29)7-10-28-11-14-34(53-28)25-15-32(30-5-1-3-26(40-30)17-43(19-35(45)46)20-36(47)48)42-33(16-25)31-6-2-4-27(41-31)18-44(21-37(49)50)22-38(51)52/h1-6,8-9,11-16H,7,10,17-22H2,(H,45,46)(H,47,48)(H,49,50)(H,51,52)/p-4. The number of pyridine rings is 3. The van der Waals surface area contributed by atoms with E-state index < -0.39 is 50.1 Å². The van der Waals surface area contributed by atoms with Crippen LogP contribution >= 0.6 is 11.8 Å². The van der Waals surface area contributed by atoms with Crippen molar-refractivity contribution in [1.82, 2.24) is 24.8 Å². The molecule has 0 saturated carbocycles. The molecule has 54 heavy (non-hydrogen) atoms. The highest BCUT2D eigenvalue weighted by Crippen LogP contribution is 2.31. The molecule has 0 saturated heterocycles. The number of aliphatic carboxylic acids is 4. The number of carbonyl (C=O) groups is 4. The summed E-state index contributed by atoms with van der Waals surface area (Å²) in [5.74, 6) is -4.64. The number of aromatic nitrogens is 3. The molecular weight excluding hydrogens is 717 g/mol. The van der Waals surface area contributed by atoms with Crippen molar-refractivity contribution < 1.29 is 44.0 Å². The van der Waals surface area contributed by atoms with Gasteiger partial charge >= 0.3 is 0 Å². The number of aryl methyl sites for hydroxylation is 2. The molecule has 0 spiro atoms. The number of benzene rings is 1. The van der Waals surface area contributed by atoms with Gasteiger partial charge in [-0.15, -0.1) is 0 Å². The van der Waals surface area contributed by atoms with Crippen LogP contribution in [0.3, 0.4) is 0 Å². The van der Waals surface area contributed by atoms with E-state index in [4.69, 9.17) is 14.7 Å². The third kappa shape index (κ3) is 11.5. The molecule has 1 aromatic carbocycles. The molecule has 276 valence electrons. The number of carboxylic acids is 4. The van der Waals surface area contributed by atoms with Crippen molar-refractivity contribution in [2.75, 3.05) is 26.2 Å². The van der Waals surface area contributed by atoms with Gasteiger partial charge in [0.05, 0.1) is 58.0 Å². The summed E-state index contributed by atoms with van der Waals surface area (Å²) in [6, 6.07) is 24.8. The van der Waals surface area contributed by atoms with Crippen molar-refractivity contribution in [2.45, 2.75) is 30.8 Å². The number of rotatable bonds is 19. The van der Waals surface area contributed by atoms with Crippen LogP contribution in [-0.2, 0) is 45.1 Å². The van der Waals surface area contributed by atoms with Crippen LogP contribution in [0.1, 0.15) is 22.7 Å². The average molecular weight is 747 g/mol. The summed E-state index contributed by atoms with van der Waals surface area (Å²) in [4.78, 5) is 62.2. The fraction of sp³-hybridized carbons (Fsp3) is 0.211. The summed E-state index contributed by atoms with van der Waals surface area (Å²) < 4.78 is 6.26. The highest BCUT2D eigenvalue weighted by molar-refractivity contribution is 8.03. The Balaban J connectivity index is 1.49. The van der Waals surface area contributed by atoms with Crippen molar-refractivity contribution in [2.24, 2.45) is 0 Å². The second-order valence-corrected chi connectivity index (χ2v) is 12.9. The van der Waals surface area contributed by atoms with E-state index in [1.807, 2.05) is 36.4 Å². The van der Waals surface area contributed by atoms with Gasteiger partial charge in [-0.25, -0.2) is 15.0 Å². The van der Waals surface area contributed by atoms with Gasteiger partial charge in [-0.2, -0.15) is 5.26 Å². The zero-order valence-electron chi connectivity index (χ0n) is 28.5. The highest BCUT2D eigenvalue weighted by Gasteiger charge is 2.16. The van der Waals surface area contributed by atoms with Gasteiger partial charge in [0, 0.05) is 56.1 Å². The maximum atomic E-state index is 11.3. The minimum Gasteiger partial charge on any atom is -0.549 e. The molecule has 5 rings (SSSR count). The van der Waals surface area contributed by atoms with Crippen LogP contribution in [0.4, 0.5) is 0 Å². The highest BCUT2D eigenvalue weighted by atomic mass is 32.2.